The predicted octanol–water partition coefficient (Wildman–Crippen LogP) is 3.71. The number of nitrogen functional groups attached to an aromatic ring is 1. The Hall–Kier alpha value is -1.45. The molecule has 20 heavy (non-hydrogen) atoms. The molecule has 0 aromatic carbocycles. The molecule has 0 amide bonds. The Bertz CT molecular complexity index is 438. The van der Waals surface area contributed by atoms with Gasteiger partial charge in [-0.2, -0.15) is 4.98 Å². The fourth-order valence-corrected chi connectivity index (χ4v) is 2.08. The van der Waals surface area contributed by atoms with Crippen molar-refractivity contribution in [1.82, 2.24) is 4.98 Å². The molecule has 0 saturated carbocycles. The minimum absolute atomic E-state index is 0.304. The number of ether oxygens (including phenoxy) is 1. The van der Waals surface area contributed by atoms with Crippen LogP contribution >= 0.6 is 0 Å². The zero-order chi connectivity index (χ0) is 15.5. The first-order chi connectivity index (χ1) is 9.10. The van der Waals surface area contributed by atoms with Crippen LogP contribution in [0.15, 0.2) is 12.1 Å². The second-order valence-electron chi connectivity index (χ2n) is 6.87. The number of aromatic nitrogens is 1. The van der Waals surface area contributed by atoms with Gasteiger partial charge in [0, 0.05) is 13.1 Å². The lowest BCUT2D eigenvalue weighted by Crippen LogP contribution is -2.31. The van der Waals surface area contributed by atoms with Crippen LogP contribution in [0.1, 0.15) is 48.0 Å². The second kappa shape index (κ2) is 6.33. The highest BCUT2D eigenvalue weighted by atomic mass is 16.5. The van der Waals surface area contributed by atoms with Gasteiger partial charge in [-0.15, -0.1) is 0 Å². The van der Waals surface area contributed by atoms with Crippen molar-refractivity contribution in [2.45, 2.75) is 59.6 Å². The molecule has 0 saturated heterocycles. The van der Waals surface area contributed by atoms with Crippen molar-refractivity contribution < 1.29 is 4.74 Å². The first-order valence-corrected chi connectivity index (χ1v) is 7.28. The van der Waals surface area contributed by atoms with Crippen molar-refractivity contribution in [1.29, 1.82) is 0 Å². The third-order valence-electron chi connectivity index (χ3n) is 3.11. The average Bonchev–Trinajstić information content (AvgIpc) is 2.28. The molecule has 1 heterocycles. The van der Waals surface area contributed by atoms with E-state index in [0.717, 1.165) is 12.2 Å². The summed E-state index contributed by atoms with van der Waals surface area (Å²) in [4.78, 5) is 6.74. The van der Waals surface area contributed by atoms with Crippen molar-refractivity contribution in [2.24, 2.45) is 5.92 Å². The summed E-state index contributed by atoms with van der Waals surface area (Å²) >= 11 is 0. The number of hydrogen-bond acceptors (Lipinski definition) is 4. The summed E-state index contributed by atoms with van der Waals surface area (Å²) in [5.74, 6) is 2.07. The van der Waals surface area contributed by atoms with E-state index in [4.69, 9.17) is 10.5 Å². The quantitative estimate of drug-likeness (QED) is 0.892. The lowest BCUT2D eigenvalue weighted by atomic mass is 10.0. The molecule has 114 valence electrons. The molecule has 2 N–H and O–H groups in total. The molecule has 0 aliphatic rings. The summed E-state index contributed by atoms with van der Waals surface area (Å²) < 4.78 is 5.82. The first kappa shape index (κ1) is 16.6. The maximum absolute atomic E-state index is 5.95. The third kappa shape index (κ3) is 4.91. The van der Waals surface area contributed by atoms with Crippen LogP contribution in [0.25, 0.3) is 0 Å². The molecule has 1 aromatic heterocycles. The maximum Gasteiger partial charge on any atom is 0.239 e. The molecule has 1 aromatic rings. The van der Waals surface area contributed by atoms with Gasteiger partial charge in [-0.1, -0.05) is 13.8 Å². The van der Waals surface area contributed by atoms with Crippen LogP contribution in [0.5, 0.6) is 5.88 Å². The highest BCUT2D eigenvalue weighted by Crippen LogP contribution is 2.27. The minimum atomic E-state index is -0.304. The number of rotatable bonds is 5. The zero-order valence-electron chi connectivity index (χ0n) is 13.9. The van der Waals surface area contributed by atoms with Crippen molar-refractivity contribution >= 4 is 11.5 Å². The average molecular weight is 279 g/mol. The van der Waals surface area contributed by atoms with E-state index in [0.29, 0.717) is 23.5 Å². The van der Waals surface area contributed by atoms with Gasteiger partial charge in [-0.25, -0.2) is 0 Å². The highest BCUT2D eigenvalue weighted by molar-refractivity contribution is 5.54. The molecule has 1 atom stereocenters. The summed E-state index contributed by atoms with van der Waals surface area (Å²) in [6, 6.07) is 4.23. The Morgan fingerprint density at radius 3 is 2.35 bits per heavy atom. The van der Waals surface area contributed by atoms with Crippen molar-refractivity contribution in [3.63, 3.8) is 0 Å². The third-order valence-corrected chi connectivity index (χ3v) is 3.11. The van der Waals surface area contributed by atoms with E-state index >= 15 is 0 Å². The minimum Gasteiger partial charge on any atom is -0.470 e. The van der Waals surface area contributed by atoms with E-state index in [-0.39, 0.29) is 5.60 Å². The van der Waals surface area contributed by atoms with Crippen LogP contribution in [0.3, 0.4) is 0 Å². The van der Waals surface area contributed by atoms with Crippen LogP contribution in [0, 0.1) is 5.92 Å². The van der Waals surface area contributed by atoms with Crippen LogP contribution in [-0.4, -0.2) is 23.7 Å². The van der Waals surface area contributed by atoms with E-state index in [2.05, 4.69) is 37.7 Å². The highest BCUT2D eigenvalue weighted by Gasteiger charge is 2.18. The number of anilines is 2. The van der Waals surface area contributed by atoms with Gasteiger partial charge < -0.3 is 15.4 Å². The Kier molecular flexibility index (Phi) is 5.26. The van der Waals surface area contributed by atoms with Gasteiger partial charge in [0.1, 0.15) is 11.4 Å². The maximum atomic E-state index is 5.95. The topological polar surface area (TPSA) is 51.4 Å². The van der Waals surface area contributed by atoms with E-state index in [1.165, 1.54) is 0 Å². The van der Waals surface area contributed by atoms with E-state index in [9.17, 15) is 0 Å². The van der Waals surface area contributed by atoms with Gasteiger partial charge in [0.15, 0.2) is 0 Å². The largest absolute Gasteiger partial charge is 0.470 e. The summed E-state index contributed by atoms with van der Waals surface area (Å²) in [7, 11) is 2.06. The molecule has 0 spiro atoms. The standard InChI is InChI=1S/C16H29N3O/c1-11(2)10-12(3)19(7)14-9-8-13(17)15(18-14)20-16(4,5)6/h8-9,11-12H,10,17H2,1-7H3. The molecule has 0 aliphatic heterocycles. The van der Waals surface area contributed by atoms with Crippen molar-refractivity contribution in [2.75, 3.05) is 17.7 Å². The molecular weight excluding hydrogens is 250 g/mol. The number of pyridine rings is 1. The smallest absolute Gasteiger partial charge is 0.239 e. The van der Waals surface area contributed by atoms with Gasteiger partial charge in [-0.05, 0) is 52.2 Å². The molecule has 0 radical (unpaired) electrons. The normalized spacial score (nSPS) is 13.4. The van der Waals surface area contributed by atoms with Crippen LogP contribution in [-0.2, 0) is 0 Å². The summed E-state index contributed by atoms with van der Waals surface area (Å²) in [6.45, 7) is 12.6. The van der Waals surface area contributed by atoms with Crippen LogP contribution in [0.4, 0.5) is 11.5 Å². The fraction of sp³-hybridized carbons (Fsp3) is 0.688. The molecule has 1 unspecified atom stereocenters. The van der Waals surface area contributed by atoms with Crippen molar-refractivity contribution in [3.05, 3.63) is 12.1 Å². The summed E-state index contributed by atoms with van der Waals surface area (Å²) in [6.07, 6.45) is 1.12. The van der Waals surface area contributed by atoms with Gasteiger partial charge in [-0.3, -0.25) is 0 Å². The van der Waals surface area contributed by atoms with E-state index in [1.807, 2.05) is 32.9 Å². The molecule has 0 fully saturated rings. The Balaban J connectivity index is 2.94. The van der Waals surface area contributed by atoms with Gasteiger partial charge in [0.2, 0.25) is 5.88 Å². The lowest BCUT2D eigenvalue weighted by Gasteiger charge is -2.28. The van der Waals surface area contributed by atoms with E-state index in [1.54, 1.807) is 0 Å². The van der Waals surface area contributed by atoms with Crippen LogP contribution in [0.2, 0.25) is 0 Å². The second-order valence-corrected chi connectivity index (χ2v) is 6.87. The Morgan fingerprint density at radius 2 is 1.85 bits per heavy atom. The van der Waals surface area contributed by atoms with Gasteiger partial charge >= 0.3 is 0 Å². The molecule has 4 heteroatoms. The molecule has 0 aliphatic carbocycles. The predicted molar refractivity (Wildman–Crippen MR) is 86.4 cm³/mol. The summed E-state index contributed by atoms with van der Waals surface area (Å²) in [5.41, 5.74) is 6.22. The van der Waals surface area contributed by atoms with Gasteiger partial charge in [0.25, 0.3) is 0 Å². The molecular formula is C16H29N3O. The molecule has 4 nitrogen and oxygen atoms in total. The SMILES string of the molecule is CC(C)CC(C)N(C)c1ccc(N)c(OC(C)(C)C)n1. The zero-order valence-corrected chi connectivity index (χ0v) is 13.9. The number of nitrogens with two attached hydrogens (primary N) is 1. The van der Waals surface area contributed by atoms with E-state index < -0.39 is 0 Å². The monoisotopic (exact) mass is 279 g/mol. The van der Waals surface area contributed by atoms with Crippen LogP contribution < -0.4 is 15.4 Å². The Labute approximate surface area is 123 Å². The first-order valence-electron chi connectivity index (χ1n) is 7.28. The fourth-order valence-electron chi connectivity index (χ4n) is 2.08. The number of hydrogen-bond donors (Lipinski definition) is 1. The molecule has 0 bridgehead atoms. The summed E-state index contributed by atoms with van der Waals surface area (Å²) in [5, 5.41) is 0. The van der Waals surface area contributed by atoms with Crippen molar-refractivity contribution in [3.8, 4) is 5.88 Å². The Morgan fingerprint density at radius 1 is 1.25 bits per heavy atom. The lowest BCUT2D eigenvalue weighted by molar-refractivity contribution is 0.125. The molecule has 1 rings (SSSR count). The van der Waals surface area contributed by atoms with Gasteiger partial charge in [0.05, 0.1) is 5.69 Å². The number of nitrogens with zero attached hydrogens (tertiary/aromatic N) is 2.